The molecule has 0 aliphatic heterocycles. The standard InChI is InChI=1S/C17H16ClNO4/c1-3-22-16(20)12-9-14(11-5-7-13(18)8-6-11)19-15(10-12)17(21)23-4-2/h5-10H,3-4H2,1-2H3. The fraction of sp³-hybridized carbons (Fsp3) is 0.235. The Morgan fingerprint density at radius 3 is 2.22 bits per heavy atom. The van der Waals surface area contributed by atoms with E-state index in [-0.39, 0.29) is 24.5 Å². The van der Waals surface area contributed by atoms with Crippen LogP contribution >= 0.6 is 11.6 Å². The van der Waals surface area contributed by atoms with Crippen molar-refractivity contribution in [3.05, 3.63) is 52.7 Å². The molecule has 0 saturated carbocycles. The van der Waals surface area contributed by atoms with Gasteiger partial charge in [0.15, 0.2) is 0 Å². The second-order valence-electron chi connectivity index (χ2n) is 4.57. The number of esters is 2. The third kappa shape index (κ3) is 4.29. The van der Waals surface area contributed by atoms with Crippen LogP contribution in [0.15, 0.2) is 36.4 Å². The van der Waals surface area contributed by atoms with E-state index in [1.807, 2.05) is 0 Å². The number of hydrogen-bond acceptors (Lipinski definition) is 5. The third-order valence-electron chi connectivity index (χ3n) is 2.96. The van der Waals surface area contributed by atoms with Crippen molar-refractivity contribution in [2.45, 2.75) is 13.8 Å². The highest BCUT2D eigenvalue weighted by Crippen LogP contribution is 2.22. The third-order valence-corrected chi connectivity index (χ3v) is 3.21. The van der Waals surface area contributed by atoms with Crippen molar-refractivity contribution >= 4 is 23.5 Å². The maximum atomic E-state index is 12.0. The molecule has 2 rings (SSSR count). The molecule has 1 aromatic carbocycles. The lowest BCUT2D eigenvalue weighted by molar-refractivity contribution is 0.0519. The molecule has 5 nitrogen and oxygen atoms in total. The van der Waals surface area contributed by atoms with E-state index in [1.165, 1.54) is 6.07 Å². The van der Waals surface area contributed by atoms with Gasteiger partial charge in [0.2, 0.25) is 0 Å². The van der Waals surface area contributed by atoms with Crippen LogP contribution in [0.1, 0.15) is 34.7 Å². The summed E-state index contributed by atoms with van der Waals surface area (Å²) in [5.74, 6) is -1.11. The first-order valence-electron chi connectivity index (χ1n) is 7.17. The molecule has 0 atom stereocenters. The second-order valence-corrected chi connectivity index (χ2v) is 5.01. The van der Waals surface area contributed by atoms with E-state index in [0.29, 0.717) is 10.7 Å². The fourth-order valence-electron chi connectivity index (χ4n) is 1.94. The molecule has 23 heavy (non-hydrogen) atoms. The summed E-state index contributed by atoms with van der Waals surface area (Å²) in [6.45, 7) is 3.88. The molecule has 2 aromatic rings. The monoisotopic (exact) mass is 333 g/mol. The van der Waals surface area contributed by atoms with Gasteiger partial charge in [-0.3, -0.25) is 0 Å². The summed E-state index contributed by atoms with van der Waals surface area (Å²) in [5, 5.41) is 0.584. The fourth-order valence-corrected chi connectivity index (χ4v) is 2.07. The zero-order valence-electron chi connectivity index (χ0n) is 12.8. The first-order chi connectivity index (χ1) is 11.0. The van der Waals surface area contributed by atoms with Crippen molar-refractivity contribution in [3.63, 3.8) is 0 Å². The van der Waals surface area contributed by atoms with Gasteiger partial charge < -0.3 is 9.47 Å². The van der Waals surface area contributed by atoms with Crippen molar-refractivity contribution in [2.75, 3.05) is 13.2 Å². The molecule has 1 aromatic heterocycles. The van der Waals surface area contributed by atoms with E-state index in [1.54, 1.807) is 44.2 Å². The van der Waals surface area contributed by atoms with E-state index in [0.717, 1.165) is 5.56 Å². The predicted molar refractivity (Wildman–Crippen MR) is 86.6 cm³/mol. The van der Waals surface area contributed by atoms with Crippen LogP contribution in [0.25, 0.3) is 11.3 Å². The number of carbonyl (C=O) groups excluding carboxylic acids is 2. The van der Waals surface area contributed by atoms with Gasteiger partial charge in [0, 0.05) is 10.6 Å². The molecule has 0 aliphatic rings. The summed E-state index contributed by atoms with van der Waals surface area (Å²) in [6.07, 6.45) is 0. The van der Waals surface area contributed by atoms with Gasteiger partial charge >= 0.3 is 11.9 Å². The SMILES string of the molecule is CCOC(=O)c1cc(C(=O)OCC)nc(-c2ccc(Cl)cc2)c1. The Kier molecular flexibility index (Phi) is 5.71. The van der Waals surface area contributed by atoms with Gasteiger partial charge in [0.05, 0.1) is 24.5 Å². The molecule has 0 N–H and O–H groups in total. The first-order valence-corrected chi connectivity index (χ1v) is 7.55. The average molecular weight is 334 g/mol. The van der Waals surface area contributed by atoms with Gasteiger partial charge in [-0.2, -0.15) is 0 Å². The Labute approximate surface area is 139 Å². The zero-order valence-corrected chi connectivity index (χ0v) is 13.6. The van der Waals surface area contributed by atoms with Gasteiger partial charge in [0.25, 0.3) is 0 Å². The minimum absolute atomic E-state index is 0.0577. The smallest absolute Gasteiger partial charge is 0.356 e. The molecular weight excluding hydrogens is 318 g/mol. The topological polar surface area (TPSA) is 65.5 Å². The molecule has 0 spiro atoms. The summed E-state index contributed by atoms with van der Waals surface area (Å²) >= 11 is 5.88. The average Bonchev–Trinajstić information content (AvgIpc) is 2.55. The Balaban J connectivity index is 2.50. The van der Waals surface area contributed by atoms with Gasteiger partial charge in [-0.05, 0) is 38.1 Å². The number of pyridine rings is 1. The highest BCUT2D eigenvalue weighted by Gasteiger charge is 2.16. The molecule has 120 valence electrons. The number of hydrogen-bond donors (Lipinski definition) is 0. The van der Waals surface area contributed by atoms with Crippen LogP contribution in [0.5, 0.6) is 0 Å². The molecule has 0 amide bonds. The molecule has 0 fully saturated rings. The molecular formula is C17H16ClNO4. The van der Waals surface area contributed by atoms with Crippen LogP contribution in [0.2, 0.25) is 5.02 Å². The summed E-state index contributed by atoms with van der Waals surface area (Å²) in [6, 6.07) is 9.88. The second kappa shape index (κ2) is 7.74. The van der Waals surface area contributed by atoms with E-state index < -0.39 is 11.9 Å². The minimum Gasteiger partial charge on any atom is -0.462 e. The summed E-state index contributed by atoms with van der Waals surface area (Å²) in [7, 11) is 0. The van der Waals surface area contributed by atoms with Crippen molar-refractivity contribution in [1.82, 2.24) is 4.98 Å². The summed E-state index contributed by atoms with van der Waals surface area (Å²) in [4.78, 5) is 28.2. The largest absolute Gasteiger partial charge is 0.462 e. The number of aromatic nitrogens is 1. The van der Waals surface area contributed by atoms with Crippen molar-refractivity contribution < 1.29 is 19.1 Å². The molecule has 0 radical (unpaired) electrons. The Bertz CT molecular complexity index is 677. The maximum Gasteiger partial charge on any atom is 0.356 e. The van der Waals surface area contributed by atoms with Crippen molar-refractivity contribution in [3.8, 4) is 11.3 Å². The van der Waals surface area contributed by atoms with Gasteiger partial charge in [-0.1, -0.05) is 23.7 Å². The number of halogens is 1. The Morgan fingerprint density at radius 1 is 1.00 bits per heavy atom. The predicted octanol–water partition coefficient (Wildman–Crippen LogP) is 3.76. The minimum atomic E-state index is -0.589. The molecule has 0 bridgehead atoms. The van der Waals surface area contributed by atoms with Crippen LogP contribution < -0.4 is 0 Å². The lowest BCUT2D eigenvalue weighted by Crippen LogP contribution is -2.12. The first kappa shape index (κ1) is 17.0. The molecule has 0 saturated heterocycles. The van der Waals surface area contributed by atoms with Gasteiger partial charge in [0.1, 0.15) is 5.69 Å². The summed E-state index contributed by atoms with van der Waals surface area (Å²) in [5.41, 5.74) is 1.50. The Hall–Kier alpha value is -2.40. The van der Waals surface area contributed by atoms with Gasteiger partial charge in [-0.15, -0.1) is 0 Å². The quantitative estimate of drug-likeness (QED) is 0.779. The van der Waals surface area contributed by atoms with Crippen LogP contribution in [-0.4, -0.2) is 30.1 Å². The number of benzene rings is 1. The molecule has 1 heterocycles. The number of ether oxygens (including phenoxy) is 2. The van der Waals surface area contributed by atoms with Crippen LogP contribution in [0.4, 0.5) is 0 Å². The highest BCUT2D eigenvalue weighted by molar-refractivity contribution is 6.30. The zero-order chi connectivity index (χ0) is 16.8. The maximum absolute atomic E-state index is 12.0. The van der Waals surface area contributed by atoms with E-state index in [2.05, 4.69) is 4.98 Å². The van der Waals surface area contributed by atoms with E-state index >= 15 is 0 Å². The lowest BCUT2D eigenvalue weighted by Gasteiger charge is -2.08. The molecule has 6 heteroatoms. The number of rotatable bonds is 5. The Morgan fingerprint density at radius 2 is 1.61 bits per heavy atom. The van der Waals surface area contributed by atoms with Crippen LogP contribution in [-0.2, 0) is 9.47 Å². The van der Waals surface area contributed by atoms with Crippen LogP contribution in [0.3, 0.4) is 0 Å². The molecule has 0 aliphatic carbocycles. The van der Waals surface area contributed by atoms with Gasteiger partial charge in [-0.25, -0.2) is 14.6 Å². The number of nitrogens with zero attached hydrogens (tertiary/aromatic N) is 1. The van der Waals surface area contributed by atoms with Crippen LogP contribution in [0, 0.1) is 0 Å². The highest BCUT2D eigenvalue weighted by atomic mass is 35.5. The van der Waals surface area contributed by atoms with E-state index in [4.69, 9.17) is 21.1 Å². The van der Waals surface area contributed by atoms with E-state index in [9.17, 15) is 9.59 Å². The summed E-state index contributed by atoms with van der Waals surface area (Å²) < 4.78 is 9.95. The van der Waals surface area contributed by atoms with Crippen molar-refractivity contribution in [1.29, 1.82) is 0 Å². The lowest BCUT2D eigenvalue weighted by atomic mass is 10.1. The number of carbonyl (C=O) groups is 2. The normalized spacial score (nSPS) is 10.2. The van der Waals surface area contributed by atoms with Crippen molar-refractivity contribution in [2.24, 2.45) is 0 Å². The molecule has 0 unspecified atom stereocenters.